The van der Waals surface area contributed by atoms with Crippen molar-refractivity contribution in [1.82, 2.24) is 14.9 Å². The van der Waals surface area contributed by atoms with E-state index in [4.69, 9.17) is 4.74 Å². The molecular weight excluding hydrogens is 190 g/mol. The van der Waals surface area contributed by atoms with Gasteiger partial charge in [-0.1, -0.05) is 6.92 Å². The number of hydrogen-bond donors (Lipinski definition) is 1. The number of nitrogens with zero attached hydrogens (tertiary/aromatic N) is 2. The van der Waals surface area contributed by atoms with Gasteiger partial charge in [0.05, 0.1) is 30.9 Å². The molecule has 1 aromatic heterocycles. The Labute approximate surface area is 90.6 Å². The van der Waals surface area contributed by atoms with Crippen LogP contribution in [0.3, 0.4) is 0 Å². The van der Waals surface area contributed by atoms with Crippen LogP contribution >= 0.6 is 0 Å². The van der Waals surface area contributed by atoms with Gasteiger partial charge in [0.25, 0.3) is 0 Å². The van der Waals surface area contributed by atoms with Gasteiger partial charge in [-0.25, -0.2) is 4.98 Å². The van der Waals surface area contributed by atoms with Crippen molar-refractivity contribution in [3.05, 3.63) is 18.2 Å². The zero-order valence-corrected chi connectivity index (χ0v) is 9.28. The highest BCUT2D eigenvalue weighted by Crippen LogP contribution is 2.08. The smallest absolute Gasteiger partial charge is 0.0948 e. The standard InChI is InChI=1S/C11H19N3O/c1-2-5-14-9-13-6-10(14)8-15-11-3-4-12-7-11/h6,9,11-12H,2-5,7-8H2,1H3. The van der Waals surface area contributed by atoms with Gasteiger partial charge in [-0.2, -0.15) is 0 Å². The molecule has 0 aliphatic carbocycles. The molecule has 0 amide bonds. The summed E-state index contributed by atoms with van der Waals surface area (Å²) in [5.74, 6) is 0. The van der Waals surface area contributed by atoms with Crippen LogP contribution in [-0.4, -0.2) is 28.7 Å². The SMILES string of the molecule is CCCn1cncc1COC1CCNC1. The van der Waals surface area contributed by atoms with Gasteiger partial charge in [0.2, 0.25) is 0 Å². The van der Waals surface area contributed by atoms with Crippen LogP contribution in [-0.2, 0) is 17.9 Å². The van der Waals surface area contributed by atoms with E-state index in [-0.39, 0.29) is 0 Å². The Balaban J connectivity index is 1.83. The first-order valence-electron chi connectivity index (χ1n) is 5.71. The van der Waals surface area contributed by atoms with Gasteiger partial charge in [-0.15, -0.1) is 0 Å². The summed E-state index contributed by atoms with van der Waals surface area (Å²) in [6.07, 6.45) is 6.43. The molecule has 2 rings (SSSR count). The largest absolute Gasteiger partial charge is 0.371 e. The summed E-state index contributed by atoms with van der Waals surface area (Å²) in [6.45, 7) is 5.96. The molecule has 1 aliphatic heterocycles. The lowest BCUT2D eigenvalue weighted by Crippen LogP contribution is -2.17. The summed E-state index contributed by atoms with van der Waals surface area (Å²) in [7, 11) is 0. The summed E-state index contributed by atoms with van der Waals surface area (Å²) in [5.41, 5.74) is 1.18. The number of nitrogens with one attached hydrogen (secondary N) is 1. The summed E-state index contributed by atoms with van der Waals surface area (Å²) < 4.78 is 7.98. The van der Waals surface area contributed by atoms with E-state index in [1.165, 1.54) is 5.69 Å². The minimum Gasteiger partial charge on any atom is -0.371 e. The molecule has 0 saturated carbocycles. The molecule has 1 aliphatic rings. The van der Waals surface area contributed by atoms with E-state index >= 15 is 0 Å². The second-order valence-electron chi connectivity index (χ2n) is 4.00. The molecule has 1 fully saturated rings. The first kappa shape index (κ1) is 10.6. The van der Waals surface area contributed by atoms with Gasteiger partial charge >= 0.3 is 0 Å². The molecule has 1 saturated heterocycles. The molecular formula is C11H19N3O. The zero-order chi connectivity index (χ0) is 10.5. The third-order valence-electron chi connectivity index (χ3n) is 2.75. The van der Waals surface area contributed by atoms with E-state index in [2.05, 4.69) is 21.8 Å². The van der Waals surface area contributed by atoms with Gasteiger partial charge in [0.1, 0.15) is 0 Å². The van der Waals surface area contributed by atoms with Crippen molar-refractivity contribution in [1.29, 1.82) is 0 Å². The van der Waals surface area contributed by atoms with Crippen molar-refractivity contribution in [3.8, 4) is 0 Å². The Morgan fingerprint density at radius 1 is 1.67 bits per heavy atom. The minimum atomic E-state index is 0.384. The maximum Gasteiger partial charge on any atom is 0.0948 e. The number of hydrogen-bond acceptors (Lipinski definition) is 3. The predicted octanol–water partition coefficient (Wildman–Crippen LogP) is 1.17. The fraction of sp³-hybridized carbons (Fsp3) is 0.727. The number of aromatic nitrogens is 2. The van der Waals surface area contributed by atoms with Crippen molar-refractivity contribution in [2.45, 2.75) is 39.0 Å². The number of aryl methyl sites for hydroxylation is 1. The third-order valence-corrected chi connectivity index (χ3v) is 2.75. The molecule has 1 N–H and O–H groups in total. The molecule has 15 heavy (non-hydrogen) atoms. The highest BCUT2D eigenvalue weighted by molar-refractivity contribution is 4.96. The number of rotatable bonds is 5. The second-order valence-corrected chi connectivity index (χ2v) is 4.00. The molecule has 0 aromatic carbocycles. The van der Waals surface area contributed by atoms with E-state index < -0.39 is 0 Å². The highest BCUT2D eigenvalue weighted by atomic mass is 16.5. The van der Waals surface area contributed by atoms with Crippen LogP contribution in [0.4, 0.5) is 0 Å². The lowest BCUT2D eigenvalue weighted by atomic mass is 10.3. The van der Waals surface area contributed by atoms with Gasteiger partial charge in [0, 0.05) is 13.1 Å². The van der Waals surface area contributed by atoms with Crippen molar-refractivity contribution in [2.75, 3.05) is 13.1 Å². The number of ether oxygens (including phenoxy) is 1. The zero-order valence-electron chi connectivity index (χ0n) is 9.28. The van der Waals surface area contributed by atoms with Gasteiger partial charge in [-0.05, 0) is 19.4 Å². The molecule has 4 nitrogen and oxygen atoms in total. The van der Waals surface area contributed by atoms with Crippen LogP contribution in [0.5, 0.6) is 0 Å². The van der Waals surface area contributed by atoms with E-state index in [0.717, 1.165) is 32.5 Å². The van der Waals surface area contributed by atoms with Crippen LogP contribution < -0.4 is 5.32 Å². The lowest BCUT2D eigenvalue weighted by molar-refractivity contribution is 0.0505. The van der Waals surface area contributed by atoms with Crippen molar-refractivity contribution < 1.29 is 4.74 Å². The topological polar surface area (TPSA) is 39.1 Å². The Bertz CT molecular complexity index is 292. The quantitative estimate of drug-likeness (QED) is 0.791. The van der Waals surface area contributed by atoms with Crippen LogP contribution in [0.1, 0.15) is 25.5 Å². The van der Waals surface area contributed by atoms with Crippen LogP contribution in [0, 0.1) is 0 Å². The molecule has 84 valence electrons. The normalized spacial score (nSPS) is 21.0. The van der Waals surface area contributed by atoms with Gasteiger partial charge < -0.3 is 14.6 Å². The molecule has 1 atom stereocenters. The third kappa shape index (κ3) is 2.79. The maximum absolute atomic E-state index is 5.81. The van der Waals surface area contributed by atoms with Crippen molar-refractivity contribution in [3.63, 3.8) is 0 Å². The molecule has 4 heteroatoms. The average Bonchev–Trinajstić information content (AvgIpc) is 2.85. The Hall–Kier alpha value is -0.870. The summed E-state index contributed by atoms with van der Waals surface area (Å²) in [6, 6.07) is 0. The monoisotopic (exact) mass is 209 g/mol. The molecule has 0 radical (unpaired) electrons. The van der Waals surface area contributed by atoms with E-state index in [9.17, 15) is 0 Å². The van der Waals surface area contributed by atoms with Gasteiger partial charge in [0.15, 0.2) is 0 Å². The van der Waals surface area contributed by atoms with Crippen molar-refractivity contribution >= 4 is 0 Å². The van der Waals surface area contributed by atoms with Crippen LogP contribution in [0.2, 0.25) is 0 Å². The highest BCUT2D eigenvalue weighted by Gasteiger charge is 2.15. The Morgan fingerprint density at radius 3 is 3.33 bits per heavy atom. The fourth-order valence-corrected chi connectivity index (χ4v) is 1.88. The minimum absolute atomic E-state index is 0.384. The average molecular weight is 209 g/mol. The van der Waals surface area contributed by atoms with E-state index in [1.54, 1.807) is 0 Å². The lowest BCUT2D eigenvalue weighted by Gasteiger charge is -2.11. The molecule has 0 bridgehead atoms. The maximum atomic E-state index is 5.81. The summed E-state index contributed by atoms with van der Waals surface area (Å²) >= 11 is 0. The van der Waals surface area contributed by atoms with E-state index in [1.807, 2.05) is 12.5 Å². The number of imidazole rings is 1. The Kier molecular flexibility index (Phi) is 3.75. The first-order valence-corrected chi connectivity index (χ1v) is 5.71. The molecule has 1 aromatic rings. The van der Waals surface area contributed by atoms with Crippen LogP contribution in [0.25, 0.3) is 0 Å². The Morgan fingerprint density at radius 2 is 2.60 bits per heavy atom. The van der Waals surface area contributed by atoms with Crippen molar-refractivity contribution in [2.24, 2.45) is 0 Å². The first-order chi connectivity index (χ1) is 7.40. The van der Waals surface area contributed by atoms with Crippen LogP contribution in [0.15, 0.2) is 12.5 Å². The second kappa shape index (κ2) is 5.28. The summed E-state index contributed by atoms with van der Waals surface area (Å²) in [5, 5.41) is 3.29. The van der Waals surface area contributed by atoms with Gasteiger partial charge in [-0.3, -0.25) is 0 Å². The summed E-state index contributed by atoms with van der Waals surface area (Å²) in [4.78, 5) is 4.15. The fourth-order valence-electron chi connectivity index (χ4n) is 1.88. The molecule has 0 spiro atoms. The molecule has 2 heterocycles. The predicted molar refractivity (Wildman–Crippen MR) is 58.6 cm³/mol. The van der Waals surface area contributed by atoms with E-state index in [0.29, 0.717) is 12.7 Å². The molecule has 1 unspecified atom stereocenters.